The van der Waals surface area contributed by atoms with Gasteiger partial charge in [0.05, 0.1) is 30.0 Å². The first-order valence-electron chi connectivity index (χ1n) is 7.76. The Kier molecular flexibility index (Phi) is 6.68. The summed E-state index contributed by atoms with van der Waals surface area (Å²) in [4.78, 5) is 3.66. The molecule has 5 nitrogen and oxygen atoms in total. The highest BCUT2D eigenvalue weighted by Crippen LogP contribution is 2.33. The van der Waals surface area contributed by atoms with Crippen molar-refractivity contribution in [2.75, 3.05) is 18.6 Å². The van der Waals surface area contributed by atoms with Crippen molar-refractivity contribution in [3.8, 4) is 11.5 Å². The molecular formula is C17H17ClF3N3O2. The van der Waals surface area contributed by atoms with Crippen LogP contribution in [0, 0.1) is 0 Å². The average molecular weight is 388 g/mol. The van der Waals surface area contributed by atoms with Gasteiger partial charge in [0.2, 0.25) is 0 Å². The molecule has 0 aliphatic heterocycles. The molecule has 0 radical (unpaired) electrons. The number of ether oxygens (including phenoxy) is 2. The zero-order valence-electron chi connectivity index (χ0n) is 14.1. The summed E-state index contributed by atoms with van der Waals surface area (Å²) in [6, 6.07) is 5.39. The molecule has 0 spiro atoms. The maximum Gasteiger partial charge on any atom is 0.417 e. The highest BCUT2D eigenvalue weighted by atomic mass is 35.5. The van der Waals surface area contributed by atoms with Gasteiger partial charge in [0.25, 0.3) is 0 Å². The lowest BCUT2D eigenvalue weighted by Crippen LogP contribution is -2.05. The van der Waals surface area contributed by atoms with Crippen molar-refractivity contribution >= 4 is 23.6 Å². The van der Waals surface area contributed by atoms with Gasteiger partial charge in [0.1, 0.15) is 5.82 Å². The second-order valence-electron chi connectivity index (χ2n) is 4.99. The molecule has 0 aliphatic rings. The molecule has 1 N–H and O–H groups in total. The number of alkyl halides is 3. The van der Waals surface area contributed by atoms with Gasteiger partial charge >= 0.3 is 6.18 Å². The van der Waals surface area contributed by atoms with E-state index in [0.29, 0.717) is 35.3 Å². The van der Waals surface area contributed by atoms with Crippen molar-refractivity contribution in [2.45, 2.75) is 20.0 Å². The van der Waals surface area contributed by atoms with E-state index in [4.69, 9.17) is 21.1 Å². The maximum absolute atomic E-state index is 12.5. The van der Waals surface area contributed by atoms with Gasteiger partial charge in [-0.05, 0) is 32.0 Å². The lowest BCUT2D eigenvalue weighted by molar-refractivity contribution is -0.137. The first-order valence-corrected chi connectivity index (χ1v) is 8.14. The highest BCUT2D eigenvalue weighted by molar-refractivity contribution is 6.33. The standard InChI is InChI=1S/C17H17ClF3N3O2/c1-3-25-14-7-11(13(18)8-15(14)26-4-2)9-23-24-16-6-5-12(10-22-16)17(19,20)21/h5-10H,3-4H2,1-2H3,(H,22,24)/b23-9-. The molecule has 0 saturated heterocycles. The quantitative estimate of drug-likeness (QED) is 0.536. The van der Waals surface area contributed by atoms with Crippen LogP contribution >= 0.6 is 11.6 Å². The van der Waals surface area contributed by atoms with E-state index in [2.05, 4.69) is 15.5 Å². The number of hydrazone groups is 1. The van der Waals surface area contributed by atoms with Crippen LogP contribution in [-0.4, -0.2) is 24.4 Å². The van der Waals surface area contributed by atoms with Gasteiger partial charge < -0.3 is 9.47 Å². The number of rotatable bonds is 7. The molecule has 0 fully saturated rings. The minimum atomic E-state index is -4.43. The molecule has 2 aromatic rings. The summed E-state index contributed by atoms with van der Waals surface area (Å²) in [7, 11) is 0. The van der Waals surface area contributed by atoms with Crippen molar-refractivity contribution in [1.82, 2.24) is 4.98 Å². The maximum atomic E-state index is 12.5. The molecule has 26 heavy (non-hydrogen) atoms. The number of hydrogen-bond acceptors (Lipinski definition) is 5. The third-order valence-corrected chi connectivity index (χ3v) is 3.46. The Balaban J connectivity index is 2.13. The Morgan fingerprint density at radius 1 is 1.15 bits per heavy atom. The second kappa shape index (κ2) is 8.75. The molecule has 0 unspecified atom stereocenters. The predicted octanol–water partition coefficient (Wildman–Crippen LogP) is 5.00. The molecule has 0 bridgehead atoms. The van der Waals surface area contributed by atoms with Crippen molar-refractivity contribution in [3.63, 3.8) is 0 Å². The van der Waals surface area contributed by atoms with Crippen LogP contribution < -0.4 is 14.9 Å². The Hall–Kier alpha value is -2.48. The molecule has 0 aliphatic carbocycles. The first kappa shape index (κ1) is 19.8. The molecule has 2 rings (SSSR count). The van der Waals surface area contributed by atoms with E-state index in [1.54, 1.807) is 12.1 Å². The van der Waals surface area contributed by atoms with Crippen LogP contribution in [0.15, 0.2) is 35.6 Å². The van der Waals surface area contributed by atoms with Crippen LogP contribution in [0.2, 0.25) is 5.02 Å². The fraction of sp³-hybridized carbons (Fsp3) is 0.294. The molecule has 0 atom stereocenters. The third-order valence-electron chi connectivity index (χ3n) is 3.14. The minimum Gasteiger partial charge on any atom is -0.490 e. The number of aromatic nitrogens is 1. The smallest absolute Gasteiger partial charge is 0.417 e. The lowest BCUT2D eigenvalue weighted by atomic mass is 10.2. The van der Waals surface area contributed by atoms with Crippen molar-refractivity contribution in [2.24, 2.45) is 5.10 Å². The van der Waals surface area contributed by atoms with E-state index in [1.807, 2.05) is 13.8 Å². The summed E-state index contributed by atoms with van der Waals surface area (Å²) in [5.74, 6) is 1.21. The molecule has 1 aromatic carbocycles. The Morgan fingerprint density at radius 3 is 2.35 bits per heavy atom. The van der Waals surface area contributed by atoms with E-state index < -0.39 is 11.7 Å². The molecule has 140 valence electrons. The summed E-state index contributed by atoms with van der Waals surface area (Å²) >= 11 is 6.19. The van der Waals surface area contributed by atoms with E-state index in [-0.39, 0.29) is 5.82 Å². The zero-order chi connectivity index (χ0) is 19.2. The fourth-order valence-corrected chi connectivity index (χ4v) is 2.18. The van der Waals surface area contributed by atoms with E-state index in [0.717, 1.165) is 12.3 Å². The van der Waals surface area contributed by atoms with Crippen LogP contribution in [0.1, 0.15) is 25.0 Å². The van der Waals surface area contributed by atoms with Gasteiger partial charge in [0.15, 0.2) is 11.5 Å². The molecule has 1 aromatic heterocycles. The monoisotopic (exact) mass is 387 g/mol. The van der Waals surface area contributed by atoms with Crippen LogP contribution in [0.4, 0.5) is 19.0 Å². The molecule has 1 heterocycles. The van der Waals surface area contributed by atoms with E-state index in [9.17, 15) is 13.2 Å². The van der Waals surface area contributed by atoms with Gasteiger partial charge in [0, 0.05) is 17.8 Å². The van der Waals surface area contributed by atoms with Crippen LogP contribution in [0.25, 0.3) is 0 Å². The number of hydrogen-bond donors (Lipinski definition) is 1. The van der Waals surface area contributed by atoms with Gasteiger partial charge in [-0.3, -0.25) is 5.43 Å². The number of benzene rings is 1. The largest absolute Gasteiger partial charge is 0.490 e. The topological polar surface area (TPSA) is 55.7 Å². The van der Waals surface area contributed by atoms with E-state index in [1.165, 1.54) is 12.3 Å². The molecule has 0 saturated carbocycles. The SMILES string of the molecule is CCOc1cc(Cl)c(/C=N\Nc2ccc(C(F)(F)F)cn2)cc1OCC. The molecular weight excluding hydrogens is 371 g/mol. The van der Waals surface area contributed by atoms with Crippen molar-refractivity contribution < 1.29 is 22.6 Å². The van der Waals surface area contributed by atoms with Crippen LogP contribution in [-0.2, 0) is 6.18 Å². The summed E-state index contributed by atoms with van der Waals surface area (Å²) < 4.78 is 48.5. The normalized spacial score (nSPS) is 11.6. The fourth-order valence-electron chi connectivity index (χ4n) is 1.98. The number of halogens is 4. The van der Waals surface area contributed by atoms with Crippen LogP contribution in [0.5, 0.6) is 11.5 Å². The third kappa shape index (κ3) is 5.26. The molecule has 9 heteroatoms. The number of pyridine rings is 1. The number of anilines is 1. The summed E-state index contributed by atoms with van der Waals surface area (Å²) in [6.07, 6.45) is -2.28. The number of nitrogens with one attached hydrogen (secondary N) is 1. The lowest BCUT2D eigenvalue weighted by Gasteiger charge is -2.12. The Bertz CT molecular complexity index is 765. The van der Waals surface area contributed by atoms with Crippen LogP contribution in [0.3, 0.4) is 0 Å². The van der Waals surface area contributed by atoms with Gasteiger partial charge in [-0.1, -0.05) is 11.6 Å². The predicted molar refractivity (Wildman–Crippen MR) is 94.2 cm³/mol. The second-order valence-corrected chi connectivity index (χ2v) is 5.39. The Morgan fingerprint density at radius 2 is 1.81 bits per heavy atom. The van der Waals surface area contributed by atoms with Crippen molar-refractivity contribution in [3.05, 3.63) is 46.6 Å². The molecule has 0 amide bonds. The number of nitrogens with zero attached hydrogens (tertiary/aromatic N) is 2. The van der Waals surface area contributed by atoms with Crippen molar-refractivity contribution in [1.29, 1.82) is 0 Å². The average Bonchev–Trinajstić information content (AvgIpc) is 2.58. The van der Waals surface area contributed by atoms with Gasteiger partial charge in [-0.2, -0.15) is 18.3 Å². The summed E-state index contributed by atoms with van der Waals surface area (Å²) in [5, 5.41) is 4.33. The van der Waals surface area contributed by atoms with Gasteiger partial charge in [-0.25, -0.2) is 4.98 Å². The van der Waals surface area contributed by atoms with Gasteiger partial charge in [-0.15, -0.1) is 0 Å². The highest BCUT2D eigenvalue weighted by Gasteiger charge is 2.30. The summed E-state index contributed by atoms with van der Waals surface area (Å²) in [5.41, 5.74) is 2.27. The summed E-state index contributed by atoms with van der Waals surface area (Å²) in [6.45, 7) is 4.60. The zero-order valence-corrected chi connectivity index (χ0v) is 14.9. The minimum absolute atomic E-state index is 0.168. The first-order chi connectivity index (χ1) is 12.3. The Labute approximate surface area is 153 Å². The van der Waals surface area contributed by atoms with E-state index >= 15 is 0 Å².